The molecule has 0 aliphatic rings. The number of aryl methyl sites for hydroxylation is 1. The van der Waals surface area contributed by atoms with Gasteiger partial charge in [0.05, 0.1) is 10.9 Å². The highest BCUT2D eigenvalue weighted by atomic mass is 32.2. The second-order valence-electron chi connectivity index (χ2n) is 7.24. The molecule has 31 heavy (non-hydrogen) atoms. The van der Waals surface area contributed by atoms with Gasteiger partial charge in [0, 0.05) is 5.39 Å². The highest BCUT2D eigenvalue weighted by Crippen LogP contribution is 2.23. The number of furan rings is 1. The van der Waals surface area contributed by atoms with Gasteiger partial charge in [-0.2, -0.15) is 4.72 Å². The predicted molar refractivity (Wildman–Crippen MR) is 115 cm³/mol. The molecule has 0 saturated heterocycles. The Balaban J connectivity index is 1.50. The molecule has 2 N–H and O–H groups in total. The number of carbonyl (C=O) groups excluding carboxylic acids is 2. The maximum Gasteiger partial charge on any atom is 0.324 e. The summed E-state index contributed by atoms with van der Waals surface area (Å²) in [4.78, 5) is 24.3. The number of carbonyl (C=O) groups is 2. The number of hydrogen-bond acceptors (Lipinski definition) is 6. The van der Waals surface area contributed by atoms with E-state index in [1.165, 1.54) is 19.1 Å². The Morgan fingerprint density at radius 2 is 1.74 bits per heavy atom. The SMILES string of the molecule is Cc1ccc(S(=O)(=O)N[C@@H](C)C(=O)OCC(=O)NC(C)c2cc3ccccc3o2)cc1. The first-order valence-corrected chi connectivity index (χ1v) is 11.2. The summed E-state index contributed by atoms with van der Waals surface area (Å²) in [5.74, 6) is -0.822. The molecule has 2 aromatic carbocycles. The normalized spacial score (nSPS) is 13.5. The minimum atomic E-state index is -3.89. The van der Waals surface area contributed by atoms with Gasteiger partial charge in [-0.3, -0.25) is 9.59 Å². The number of rotatable bonds is 8. The Labute approximate surface area is 180 Å². The number of nitrogens with one attached hydrogen (secondary N) is 2. The van der Waals surface area contributed by atoms with Crippen LogP contribution in [0.25, 0.3) is 11.0 Å². The van der Waals surface area contributed by atoms with Crippen LogP contribution >= 0.6 is 0 Å². The van der Waals surface area contributed by atoms with Crippen molar-refractivity contribution >= 4 is 32.9 Å². The Morgan fingerprint density at radius 3 is 2.42 bits per heavy atom. The molecule has 8 nitrogen and oxygen atoms in total. The Hall–Kier alpha value is -3.17. The molecule has 0 aliphatic heterocycles. The lowest BCUT2D eigenvalue weighted by Crippen LogP contribution is -2.41. The summed E-state index contributed by atoms with van der Waals surface area (Å²) in [6.07, 6.45) is 0. The molecule has 1 aromatic heterocycles. The van der Waals surface area contributed by atoms with Crippen LogP contribution in [0.1, 0.15) is 31.2 Å². The van der Waals surface area contributed by atoms with E-state index >= 15 is 0 Å². The van der Waals surface area contributed by atoms with Gasteiger partial charge in [-0.15, -0.1) is 0 Å². The average molecular weight is 445 g/mol. The van der Waals surface area contributed by atoms with Crippen molar-refractivity contribution in [3.8, 4) is 0 Å². The summed E-state index contributed by atoms with van der Waals surface area (Å²) >= 11 is 0. The Bertz CT molecular complexity index is 1150. The van der Waals surface area contributed by atoms with E-state index < -0.39 is 40.6 Å². The number of fused-ring (bicyclic) bond motifs is 1. The van der Waals surface area contributed by atoms with Gasteiger partial charge in [-0.25, -0.2) is 8.42 Å². The van der Waals surface area contributed by atoms with Crippen molar-refractivity contribution in [3.05, 3.63) is 65.9 Å². The number of amides is 1. The third-order valence-electron chi connectivity index (χ3n) is 4.61. The van der Waals surface area contributed by atoms with E-state index in [-0.39, 0.29) is 4.90 Å². The van der Waals surface area contributed by atoms with Crippen molar-refractivity contribution in [2.75, 3.05) is 6.61 Å². The summed E-state index contributed by atoms with van der Waals surface area (Å²) in [7, 11) is -3.89. The zero-order valence-electron chi connectivity index (χ0n) is 17.4. The highest BCUT2D eigenvalue weighted by molar-refractivity contribution is 7.89. The molecule has 0 spiro atoms. The molecule has 1 heterocycles. The number of sulfonamides is 1. The number of ether oxygens (including phenoxy) is 1. The van der Waals surface area contributed by atoms with Crippen molar-refractivity contribution in [3.63, 3.8) is 0 Å². The molecule has 0 radical (unpaired) electrons. The first-order chi connectivity index (χ1) is 14.7. The molecule has 0 fully saturated rings. The molecule has 164 valence electrons. The molecule has 1 unspecified atom stereocenters. The van der Waals surface area contributed by atoms with E-state index in [0.29, 0.717) is 11.3 Å². The summed E-state index contributed by atoms with van der Waals surface area (Å²) in [5.41, 5.74) is 1.62. The fourth-order valence-corrected chi connectivity index (χ4v) is 4.09. The van der Waals surface area contributed by atoms with Gasteiger partial charge < -0.3 is 14.5 Å². The zero-order chi connectivity index (χ0) is 22.6. The van der Waals surface area contributed by atoms with E-state index in [4.69, 9.17) is 9.15 Å². The van der Waals surface area contributed by atoms with Crippen molar-refractivity contribution in [2.24, 2.45) is 0 Å². The summed E-state index contributed by atoms with van der Waals surface area (Å²) in [6.45, 7) is 4.39. The fourth-order valence-electron chi connectivity index (χ4n) is 2.90. The summed E-state index contributed by atoms with van der Waals surface area (Å²) in [6, 6.07) is 13.9. The van der Waals surface area contributed by atoms with Crippen molar-refractivity contribution < 1.29 is 27.2 Å². The number of esters is 1. The third-order valence-corrected chi connectivity index (χ3v) is 6.17. The lowest BCUT2D eigenvalue weighted by Gasteiger charge is -2.15. The monoisotopic (exact) mass is 444 g/mol. The quantitative estimate of drug-likeness (QED) is 0.517. The lowest BCUT2D eigenvalue weighted by atomic mass is 10.2. The van der Waals surface area contributed by atoms with Gasteiger partial charge in [0.25, 0.3) is 5.91 Å². The summed E-state index contributed by atoms with van der Waals surface area (Å²) < 4.78 is 37.6. The number of benzene rings is 2. The van der Waals surface area contributed by atoms with Crippen LogP contribution in [0.2, 0.25) is 0 Å². The van der Waals surface area contributed by atoms with Gasteiger partial charge in [-0.05, 0) is 45.0 Å². The van der Waals surface area contributed by atoms with Gasteiger partial charge in [0.2, 0.25) is 10.0 Å². The fraction of sp³-hybridized carbons (Fsp3) is 0.273. The van der Waals surface area contributed by atoms with Crippen LogP contribution in [-0.4, -0.2) is 32.9 Å². The van der Waals surface area contributed by atoms with Gasteiger partial charge in [0.1, 0.15) is 17.4 Å². The zero-order valence-corrected chi connectivity index (χ0v) is 18.2. The average Bonchev–Trinajstić information content (AvgIpc) is 3.16. The van der Waals surface area contributed by atoms with Crippen LogP contribution in [0.15, 0.2) is 63.9 Å². The molecule has 3 aromatic rings. The molecule has 1 amide bonds. The van der Waals surface area contributed by atoms with Crippen LogP contribution in [0.4, 0.5) is 0 Å². The number of para-hydroxylation sites is 1. The van der Waals surface area contributed by atoms with E-state index in [1.54, 1.807) is 19.1 Å². The van der Waals surface area contributed by atoms with Crippen LogP contribution in [0, 0.1) is 6.92 Å². The first-order valence-electron chi connectivity index (χ1n) is 9.69. The Morgan fingerprint density at radius 1 is 1.06 bits per heavy atom. The minimum absolute atomic E-state index is 0.0372. The van der Waals surface area contributed by atoms with Crippen LogP contribution in [0.3, 0.4) is 0 Å². The molecule has 0 saturated carbocycles. The first kappa shape index (κ1) is 22.5. The van der Waals surface area contributed by atoms with E-state index in [0.717, 1.165) is 10.9 Å². The molecule has 0 bridgehead atoms. The van der Waals surface area contributed by atoms with Gasteiger partial charge in [0.15, 0.2) is 6.61 Å². The standard InChI is InChI=1S/C22H24N2O6S/c1-14-8-10-18(11-9-14)31(27,28)24-16(3)22(26)29-13-21(25)23-15(2)20-12-17-6-4-5-7-19(17)30-20/h4-12,15-16,24H,13H2,1-3H3,(H,23,25)/t15?,16-/m0/s1. The van der Waals surface area contributed by atoms with Crippen molar-refractivity contribution in [1.29, 1.82) is 0 Å². The van der Waals surface area contributed by atoms with Gasteiger partial charge >= 0.3 is 5.97 Å². The van der Waals surface area contributed by atoms with Crippen molar-refractivity contribution in [1.82, 2.24) is 10.0 Å². The molecular weight excluding hydrogens is 420 g/mol. The minimum Gasteiger partial charge on any atom is -0.459 e. The lowest BCUT2D eigenvalue weighted by molar-refractivity contribution is -0.150. The van der Waals surface area contributed by atoms with Crippen LogP contribution < -0.4 is 10.0 Å². The van der Waals surface area contributed by atoms with E-state index in [9.17, 15) is 18.0 Å². The molecular formula is C22H24N2O6S. The van der Waals surface area contributed by atoms with E-state index in [1.807, 2.05) is 37.3 Å². The highest BCUT2D eigenvalue weighted by Gasteiger charge is 2.24. The largest absolute Gasteiger partial charge is 0.459 e. The number of hydrogen-bond donors (Lipinski definition) is 2. The van der Waals surface area contributed by atoms with Gasteiger partial charge in [-0.1, -0.05) is 35.9 Å². The summed E-state index contributed by atoms with van der Waals surface area (Å²) in [5, 5.41) is 3.60. The molecule has 3 rings (SSSR count). The molecule has 0 aliphatic carbocycles. The maximum atomic E-state index is 12.4. The van der Waals surface area contributed by atoms with Crippen LogP contribution in [-0.2, 0) is 24.3 Å². The molecule has 2 atom stereocenters. The van der Waals surface area contributed by atoms with Crippen molar-refractivity contribution in [2.45, 2.75) is 37.8 Å². The van der Waals surface area contributed by atoms with Crippen LogP contribution in [0.5, 0.6) is 0 Å². The maximum absolute atomic E-state index is 12.4. The predicted octanol–water partition coefficient (Wildman–Crippen LogP) is 2.83. The van der Waals surface area contributed by atoms with E-state index in [2.05, 4.69) is 10.0 Å². The smallest absolute Gasteiger partial charge is 0.324 e. The third kappa shape index (κ3) is 5.71. The topological polar surface area (TPSA) is 115 Å². The molecule has 9 heteroatoms. The second kappa shape index (κ2) is 9.32. The Kier molecular flexibility index (Phi) is 6.77. The second-order valence-corrected chi connectivity index (χ2v) is 8.95.